The average molecular weight is 293 g/mol. The molecule has 0 N–H and O–H groups in total. The van der Waals surface area contributed by atoms with E-state index in [0.29, 0.717) is 25.5 Å². The zero-order valence-electron chi connectivity index (χ0n) is 13.1. The lowest BCUT2D eigenvalue weighted by Crippen LogP contribution is -2.55. The number of aromatic nitrogens is 1. The summed E-state index contributed by atoms with van der Waals surface area (Å²) < 4.78 is 13.2. The van der Waals surface area contributed by atoms with Crippen molar-refractivity contribution in [3.05, 3.63) is 24.1 Å². The molecule has 1 saturated heterocycles. The van der Waals surface area contributed by atoms with Gasteiger partial charge in [0.15, 0.2) is 0 Å². The molecule has 1 fully saturated rings. The van der Waals surface area contributed by atoms with E-state index in [1.54, 1.807) is 6.07 Å². The molecule has 0 bridgehead atoms. The van der Waals surface area contributed by atoms with Gasteiger partial charge in [0.05, 0.1) is 0 Å². The quantitative estimate of drug-likeness (QED) is 0.801. The molecule has 0 spiro atoms. The van der Waals surface area contributed by atoms with Crippen LogP contribution in [0.5, 0.6) is 0 Å². The molecule has 1 aliphatic rings. The van der Waals surface area contributed by atoms with E-state index in [0.717, 1.165) is 12.8 Å². The second-order valence-electron chi connectivity index (χ2n) is 5.66. The minimum atomic E-state index is -0.463. The Balaban J connectivity index is 2.04. The van der Waals surface area contributed by atoms with Crippen molar-refractivity contribution in [2.75, 3.05) is 24.5 Å². The fourth-order valence-electron chi connectivity index (χ4n) is 2.95. The van der Waals surface area contributed by atoms with Crippen LogP contribution < -0.4 is 4.90 Å². The number of hydrogen-bond acceptors (Lipinski definition) is 3. The molecule has 0 aliphatic carbocycles. The van der Waals surface area contributed by atoms with Crippen LogP contribution in [0.2, 0.25) is 0 Å². The molecule has 0 saturated carbocycles. The van der Waals surface area contributed by atoms with E-state index in [2.05, 4.69) is 30.7 Å². The fraction of sp³-hybridized carbons (Fsp3) is 0.625. The predicted octanol–water partition coefficient (Wildman–Crippen LogP) is 2.69. The van der Waals surface area contributed by atoms with Gasteiger partial charge in [-0.15, -0.1) is 0 Å². The number of amides is 1. The van der Waals surface area contributed by atoms with E-state index >= 15 is 0 Å². The third-order valence-electron chi connectivity index (χ3n) is 4.27. The molecule has 21 heavy (non-hydrogen) atoms. The van der Waals surface area contributed by atoms with Crippen molar-refractivity contribution in [2.45, 2.75) is 39.7 Å². The Morgan fingerprint density at radius 3 is 2.67 bits per heavy atom. The Morgan fingerprint density at radius 2 is 2.10 bits per heavy atom. The molecule has 1 aromatic rings. The molecule has 4 nitrogen and oxygen atoms in total. The fourth-order valence-corrected chi connectivity index (χ4v) is 2.95. The molecule has 116 valence electrons. The third kappa shape index (κ3) is 3.52. The van der Waals surface area contributed by atoms with Gasteiger partial charge in [0.2, 0.25) is 11.9 Å². The van der Waals surface area contributed by atoms with E-state index < -0.39 is 5.95 Å². The number of piperazine rings is 1. The van der Waals surface area contributed by atoms with Crippen molar-refractivity contribution in [1.82, 2.24) is 9.88 Å². The SMILES string of the molecule is CCC(CC)C(=O)N1CCN(c2cccc(F)n2)C(C)C1. The number of carbonyl (C=O) groups excluding carboxylic acids is 1. The van der Waals surface area contributed by atoms with E-state index in [-0.39, 0.29) is 17.9 Å². The minimum Gasteiger partial charge on any atom is -0.350 e. The topological polar surface area (TPSA) is 36.4 Å². The average Bonchev–Trinajstić information content (AvgIpc) is 2.48. The van der Waals surface area contributed by atoms with Crippen LogP contribution in [0.4, 0.5) is 10.2 Å². The first-order valence-electron chi connectivity index (χ1n) is 7.74. The van der Waals surface area contributed by atoms with Gasteiger partial charge in [0, 0.05) is 31.6 Å². The van der Waals surface area contributed by atoms with Gasteiger partial charge in [0.1, 0.15) is 5.82 Å². The highest BCUT2D eigenvalue weighted by molar-refractivity contribution is 5.79. The van der Waals surface area contributed by atoms with Crippen LogP contribution in [0.25, 0.3) is 0 Å². The number of pyridine rings is 1. The van der Waals surface area contributed by atoms with Crippen LogP contribution >= 0.6 is 0 Å². The number of anilines is 1. The number of rotatable bonds is 4. The first-order chi connectivity index (χ1) is 10.1. The lowest BCUT2D eigenvalue weighted by molar-refractivity contribution is -0.136. The normalized spacial score (nSPS) is 19.2. The van der Waals surface area contributed by atoms with Gasteiger partial charge in [-0.1, -0.05) is 19.9 Å². The van der Waals surface area contributed by atoms with Gasteiger partial charge in [-0.3, -0.25) is 4.79 Å². The van der Waals surface area contributed by atoms with Crippen molar-refractivity contribution in [1.29, 1.82) is 0 Å². The van der Waals surface area contributed by atoms with Crippen LogP contribution in [0, 0.1) is 11.9 Å². The summed E-state index contributed by atoms with van der Waals surface area (Å²) >= 11 is 0. The summed E-state index contributed by atoms with van der Waals surface area (Å²) in [5.74, 6) is 0.558. The molecule has 1 atom stereocenters. The molecule has 5 heteroatoms. The first-order valence-corrected chi connectivity index (χ1v) is 7.74. The standard InChI is InChI=1S/C16H24FN3O/c1-4-13(5-2)16(21)19-9-10-20(12(3)11-19)15-8-6-7-14(17)18-15/h6-8,12-13H,4-5,9-11H2,1-3H3. The van der Waals surface area contributed by atoms with Gasteiger partial charge in [-0.05, 0) is 31.9 Å². The zero-order valence-corrected chi connectivity index (χ0v) is 13.1. The lowest BCUT2D eigenvalue weighted by atomic mass is 10.0. The maximum absolute atomic E-state index is 13.2. The number of carbonyl (C=O) groups is 1. The molecule has 1 unspecified atom stereocenters. The van der Waals surface area contributed by atoms with Gasteiger partial charge < -0.3 is 9.80 Å². The molecule has 1 aliphatic heterocycles. The number of halogens is 1. The van der Waals surface area contributed by atoms with Crippen molar-refractivity contribution in [3.63, 3.8) is 0 Å². The Labute approximate surface area is 126 Å². The van der Waals surface area contributed by atoms with Crippen molar-refractivity contribution >= 4 is 11.7 Å². The lowest BCUT2D eigenvalue weighted by Gasteiger charge is -2.41. The molecule has 1 aromatic heterocycles. The molecular formula is C16H24FN3O. The zero-order chi connectivity index (χ0) is 15.4. The molecule has 0 radical (unpaired) electrons. The molecule has 2 heterocycles. The second kappa shape index (κ2) is 6.87. The highest BCUT2D eigenvalue weighted by Gasteiger charge is 2.30. The van der Waals surface area contributed by atoms with E-state index in [4.69, 9.17) is 0 Å². The van der Waals surface area contributed by atoms with Crippen LogP contribution in [0.15, 0.2) is 18.2 Å². The van der Waals surface area contributed by atoms with Gasteiger partial charge >= 0.3 is 0 Å². The number of hydrogen-bond donors (Lipinski definition) is 0. The van der Waals surface area contributed by atoms with Gasteiger partial charge in [0.25, 0.3) is 0 Å². The monoisotopic (exact) mass is 293 g/mol. The first kappa shape index (κ1) is 15.7. The Morgan fingerprint density at radius 1 is 1.38 bits per heavy atom. The smallest absolute Gasteiger partial charge is 0.225 e. The van der Waals surface area contributed by atoms with Crippen LogP contribution in [0.1, 0.15) is 33.6 Å². The summed E-state index contributed by atoms with van der Waals surface area (Å²) in [4.78, 5) is 20.4. The highest BCUT2D eigenvalue weighted by Crippen LogP contribution is 2.21. The second-order valence-corrected chi connectivity index (χ2v) is 5.66. The van der Waals surface area contributed by atoms with Crippen LogP contribution in [0.3, 0.4) is 0 Å². The summed E-state index contributed by atoms with van der Waals surface area (Å²) in [7, 11) is 0. The summed E-state index contributed by atoms with van der Waals surface area (Å²) in [6.07, 6.45) is 1.77. The highest BCUT2D eigenvalue weighted by atomic mass is 19.1. The Kier molecular flexibility index (Phi) is 5.15. The van der Waals surface area contributed by atoms with Crippen molar-refractivity contribution in [2.24, 2.45) is 5.92 Å². The van der Waals surface area contributed by atoms with E-state index in [1.165, 1.54) is 6.07 Å². The van der Waals surface area contributed by atoms with Crippen molar-refractivity contribution < 1.29 is 9.18 Å². The van der Waals surface area contributed by atoms with E-state index in [1.807, 2.05) is 11.0 Å². The van der Waals surface area contributed by atoms with Crippen molar-refractivity contribution in [3.8, 4) is 0 Å². The third-order valence-corrected chi connectivity index (χ3v) is 4.27. The predicted molar refractivity (Wildman–Crippen MR) is 81.7 cm³/mol. The molecular weight excluding hydrogens is 269 g/mol. The van der Waals surface area contributed by atoms with E-state index in [9.17, 15) is 9.18 Å². The van der Waals surface area contributed by atoms with Crippen LogP contribution in [-0.4, -0.2) is 41.5 Å². The summed E-state index contributed by atoms with van der Waals surface area (Å²) in [5.41, 5.74) is 0. The Hall–Kier alpha value is -1.65. The summed E-state index contributed by atoms with van der Waals surface area (Å²) in [5, 5.41) is 0. The van der Waals surface area contributed by atoms with Crippen LogP contribution in [-0.2, 0) is 4.79 Å². The largest absolute Gasteiger partial charge is 0.350 e. The maximum atomic E-state index is 13.2. The molecule has 0 aromatic carbocycles. The maximum Gasteiger partial charge on any atom is 0.225 e. The van der Waals surface area contributed by atoms with Gasteiger partial charge in [-0.25, -0.2) is 4.98 Å². The minimum absolute atomic E-state index is 0.121. The Bertz CT molecular complexity index is 490. The van der Waals surface area contributed by atoms with Gasteiger partial charge in [-0.2, -0.15) is 4.39 Å². The summed E-state index contributed by atoms with van der Waals surface area (Å²) in [6, 6.07) is 4.98. The number of nitrogens with zero attached hydrogens (tertiary/aromatic N) is 3. The molecule has 2 rings (SSSR count). The summed E-state index contributed by atoms with van der Waals surface area (Å²) in [6.45, 7) is 8.22. The molecule has 1 amide bonds.